The molecule has 3 heteroatoms. The van der Waals surface area contributed by atoms with Crippen LogP contribution in [0.15, 0.2) is 12.2 Å². The van der Waals surface area contributed by atoms with Crippen LogP contribution in [-0.2, 0) is 4.74 Å². The molecule has 0 bridgehead atoms. The second-order valence-electron chi connectivity index (χ2n) is 2.77. The lowest BCUT2D eigenvalue weighted by atomic mass is 9.91. The van der Waals surface area contributed by atoms with Gasteiger partial charge in [-0.2, -0.15) is 0 Å². The Balaban J connectivity index is 0.000000500. The van der Waals surface area contributed by atoms with E-state index < -0.39 is 0 Å². The minimum Gasteiger partial charge on any atom is -0.368 e. The number of halogens is 1. The van der Waals surface area contributed by atoms with Crippen LogP contribution in [0, 0.1) is 0 Å². The van der Waals surface area contributed by atoms with Crippen LogP contribution in [0.1, 0.15) is 6.42 Å². The quantitative estimate of drug-likeness (QED) is 0.529. The van der Waals surface area contributed by atoms with Crippen molar-refractivity contribution >= 4 is 12.4 Å². The maximum absolute atomic E-state index is 5.55. The molecule has 0 aromatic carbocycles. The topological polar surface area (TPSA) is 21.3 Å². The molecule has 2 rings (SSSR count). The maximum atomic E-state index is 5.55. The zero-order chi connectivity index (χ0) is 6.16. The Morgan fingerprint density at radius 2 is 2.10 bits per heavy atom. The Hall–Kier alpha value is -0.0500. The van der Waals surface area contributed by atoms with Crippen molar-refractivity contribution in [2.24, 2.45) is 0 Å². The van der Waals surface area contributed by atoms with Crippen LogP contribution in [0.3, 0.4) is 0 Å². The molecule has 2 nitrogen and oxygen atoms in total. The molecule has 0 radical (unpaired) electrons. The summed E-state index contributed by atoms with van der Waals surface area (Å²) >= 11 is 0. The highest BCUT2D eigenvalue weighted by atomic mass is 35.5. The van der Waals surface area contributed by atoms with E-state index in [2.05, 4.69) is 17.5 Å². The first-order valence-electron chi connectivity index (χ1n) is 3.41. The van der Waals surface area contributed by atoms with Crippen LogP contribution in [0.2, 0.25) is 0 Å². The summed E-state index contributed by atoms with van der Waals surface area (Å²) in [4.78, 5) is 0. The lowest BCUT2D eigenvalue weighted by Crippen LogP contribution is -2.61. The molecule has 0 saturated carbocycles. The van der Waals surface area contributed by atoms with Crippen molar-refractivity contribution in [1.29, 1.82) is 0 Å². The van der Waals surface area contributed by atoms with Gasteiger partial charge in [0.2, 0.25) is 0 Å². The lowest BCUT2D eigenvalue weighted by molar-refractivity contribution is -0.0725. The molecule has 0 aromatic heterocycles. The molecule has 58 valence electrons. The number of rotatable bonds is 0. The number of hydrogen-bond donors (Lipinski definition) is 1. The summed E-state index contributed by atoms with van der Waals surface area (Å²) in [6.45, 7) is 2.89. The van der Waals surface area contributed by atoms with E-state index in [0.29, 0.717) is 0 Å². The van der Waals surface area contributed by atoms with E-state index in [1.54, 1.807) is 0 Å². The van der Waals surface area contributed by atoms with Gasteiger partial charge in [0.1, 0.15) is 0 Å². The van der Waals surface area contributed by atoms with Crippen molar-refractivity contribution in [2.75, 3.05) is 19.7 Å². The fourth-order valence-corrected chi connectivity index (χ4v) is 1.30. The predicted octanol–water partition coefficient (Wildman–Crippen LogP) is 0.727. The van der Waals surface area contributed by atoms with E-state index in [0.717, 1.165) is 26.1 Å². The third-order valence-electron chi connectivity index (χ3n) is 2.04. The molecular weight excluding hydrogens is 150 g/mol. The standard InChI is InChI=1S/C7H11NO.ClH/c1-2-4-9-7(3-1)5-8-6-7;/h1-2,8H,3-6H2;1H. The molecule has 10 heavy (non-hydrogen) atoms. The number of ether oxygens (including phenoxy) is 1. The van der Waals surface area contributed by atoms with E-state index in [1.807, 2.05) is 0 Å². The molecule has 0 aromatic rings. The van der Waals surface area contributed by atoms with Gasteiger partial charge in [0.05, 0.1) is 12.2 Å². The molecule has 2 aliphatic rings. The number of nitrogens with one attached hydrogen (secondary N) is 1. The smallest absolute Gasteiger partial charge is 0.0968 e. The van der Waals surface area contributed by atoms with E-state index in [1.165, 1.54) is 0 Å². The van der Waals surface area contributed by atoms with Crippen molar-refractivity contribution < 1.29 is 4.74 Å². The van der Waals surface area contributed by atoms with Crippen molar-refractivity contribution in [3.05, 3.63) is 12.2 Å². The van der Waals surface area contributed by atoms with E-state index in [-0.39, 0.29) is 18.0 Å². The molecular formula is C7H12ClNO. The zero-order valence-electron chi connectivity index (χ0n) is 5.80. The summed E-state index contributed by atoms with van der Waals surface area (Å²) in [7, 11) is 0. The summed E-state index contributed by atoms with van der Waals surface area (Å²) < 4.78 is 5.55. The first kappa shape index (κ1) is 8.05. The Kier molecular flexibility index (Phi) is 2.34. The average molecular weight is 162 g/mol. The Morgan fingerprint density at radius 3 is 2.40 bits per heavy atom. The summed E-state index contributed by atoms with van der Waals surface area (Å²) in [6.07, 6.45) is 5.40. The van der Waals surface area contributed by atoms with Crippen LogP contribution >= 0.6 is 12.4 Å². The summed E-state index contributed by atoms with van der Waals surface area (Å²) in [5, 5.41) is 3.21. The van der Waals surface area contributed by atoms with Crippen molar-refractivity contribution in [2.45, 2.75) is 12.0 Å². The Morgan fingerprint density at radius 1 is 1.30 bits per heavy atom. The van der Waals surface area contributed by atoms with Gasteiger partial charge in [-0.15, -0.1) is 12.4 Å². The largest absolute Gasteiger partial charge is 0.368 e. The van der Waals surface area contributed by atoms with Crippen molar-refractivity contribution in [3.63, 3.8) is 0 Å². The van der Waals surface area contributed by atoms with E-state index >= 15 is 0 Å². The van der Waals surface area contributed by atoms with Gasteiger partial charge in [-0.25, -0.2) is 0 Å². The Bertz CT molecular complexity index is 143. The van der Waals surface area contributed by atoms with Crippen molar-refractivity contribution in [1.82, 2.24) is 5.32 Å². The molecule has 1 fully saturated rings. The van der Waals surface area contributed by atoms with Crippen LogP contribution in [0.5, 0.6) is 0 Å². The monoisotopic (exact) mass is 161 g/mol. The summed E-state index contributed by atoms with van der Waals surface area (Å²) in [6, 6.07) is 0. The number of hydrogen-bond acceptors (Lipinski definition) is 2. The maximum Gasteiger partial charge on any atom is 0.0968 e. The first-order valence-corrected chi connectivity index (χ1v) is 3.41. The molecule has 1 saturated heterocycles. The SMILES string of the molecule is C1=CCC2(CNC2)OC1.Cl. The van der Waals surface area contributed by atoms with Crippen LogP contribution in [0.25, 0.3) is 0 Å². The van der Waals surface area contributed by atoms with Gasteiger partial charge in [0.15, 0.2) is 0 Å². The fraction of sp³-hybridized carbons (Fsp3) is 0.714. The minimum atomic E-state index is 0. The van der Waals surface area contributed by atoms with Gasteiger partial charge in [-0.1, -0.05) is 12.2 Å². The van der Waals surface area contributed by atoms with Gasteiger partial charge in [-0.05, 0) is 6.42 Å². The molecule has 1 spiro atoms. The van der Waals surface area contributed by atoms with Crippen LogP contribution < -0.4 is 5.32 Å². The molecule has 1 N–H and O–H groups in total. The molecule has 0 atom stereocenters. The third kappa shape index (κ3) is 1.19. The van der Waals surface area contributed by atoms with Crippen LogP contribution in [-0.4, -0.2) is 25.3 Å². The van der Waals surface area contributed by atoms with Gasteiger partial charge in [0, 0.05) is 13.1 Å². The second-order valence-corrected chi connectivity index (χ2v) is 2.77. The highest BCUT2D eigenvalue weighted by Crippen LogP contribution is 2.24. The zero-order valence-corrected chi connectivity index (χ0v) is 6.62. The van der Waals surface area contributed by atoms with Gasteiger partial charge >= 0.3 is 0 Å². The third-order valence-corrected chi connectivity index (χ3v) is 2.04. The lowest BCUT2D eigenvalue weighted by Gasteiger charge is -2.43. The molecule has 2 aliphatic heterocycles. The molecule has 0 aliphatic carbocycles. The van der Waals surface area contributed by atoms with Gasteiger partial charge < -0.3 is 10.1 Å². The molecule has 2 heterocycles. The predicted molar refractivity (Wildman–Crippen MR) is 42.6 cm³/mol. The minimum absolute atomic E-state index is 0. The highest BCUT2D eigenvalue weighted by molar-refractivity contribution is 5.85. The van der Waals surface area contributed by atoms with E-state index in [9.17, 15) is 0 Å². The van der Waals surface area contributed by atoms with Crippen LogP contribution in [0.4, 0.5) is 0 Å². The van der Waals surface area contributed by atoms with Gasteiger partial charge in [-0.3, -0.25) is 0 Å². The van der Waals surface area contributed by atoms with Crippen molar-refractivity contribution in [3.8, 4) is 0 Å². The fourth-order valence-electron chi connectivity index (χ4n) is 1.30. The second kappa shape index (κ2) is 2.91. The van der Waals surface area contributed by atoms with E-state index in [4.69, 9.17) is 4.74 Å². The molecule has 0 unspecified atom stereocenters. The normalized spacial score (nSPS) is 27.2. The molecule has 0 amide bonds. The average Bonchev–Trinajstić information content (AvgIpc) is 1.87. The summed E-state index contributed by atoms with van der Waals surface area (Å²) in [5.74, 6) is 0. The van der Waals surface area contributed by atoms with Gasteiger partial charge in [0.25, 0.3) is 0 Å². The first-order chi connectivity index (χ1) is 4.41. The highest BCUT2D eigenvalue weighted by Gasteiger charge is 2.37. The Labute approximate surface area is 67.0 Å². The summed E-state index contributed by atoms with van der Waals surface area (Å²) in [5.41, 5.74) is 0.203.